The van der Waals surface area contributed by atoms with Crippen LogP contribution in [0, 0.1) is 6.92 Å². The van der Waals surface area contributed by atoms with Crippen LogP contribution >= 0.6 is 27.3 Å². The van der Waals surface area contributed by atoms with E-state index in [2.05, 4.69) is 70.8 Å². The molecule has 1 heterocycles. The summed E-state index contributed by atoms with van der Waals surface area (Å²) in [6, 6.07) is 11.3. The first-order valence-corrected chi connectivity index (χ1v) is 7.89. The van der Waals surface area contributed by atoms with Gasteiger partial charge in [0.1, 0.15) is 0 Å². The lowest BCUT2D eigenvalue weighted by atomic mass is 10.0. The van der Waals surface area contributed by atoms with Gasteiger partial charge in [0, 0.05) is 15.4 Å². The second-order valence-corrected chi connectivity index (χ2v) is 6.23. The van der Waals surface area contributed by atoms with Gasteiger partial charge in [-0.05, 0) is 52.8 Å². The highest BCUT2D eigenvalue weighted by Crippen LogP contribution is 2.31. The second-order valence-electron chi connectivity index (χ2n) is 4.43. The van der Waals surface area contributed by atoms with Crippen molar-refractivity contribution in [3.8, 4) is 0 Å². The molecule has 0 aliphatic heterocycles. The molecule has 1 N–H and O–H groups in total. The minimum atomic E-state index is 0.395. The molecule has 0 aliphatic rings. The summed E-state index contributed by atoms with van der Waals surface area (Å²) in [6.07, 6.45) is 1.03. The smallest absolute Gasteiger partial charge is 0.0467 e. The Morgan fingerprint density at radius 1 is 1.22 bits per heavy atom. The molecule has 0 saturated heterocycles. The number of halogens is 1. The number of nitrogens with one attached hydrogen (secondary N) is 1. The number of benzene rings is 1. The number of hydrogen-bond acceptors (Lipinski definition) is 2. The third-order valence-electron chi connectivity index (χ3n) is 2.97. The summed E-state index contributed by atoms with van der Waals surface area (Å²) in [5.41, 5.74) is 2.70. The maximum Gasteiger partial charge on any atom is 0.0467 e. The molecular formula is C15H18BrNS. The van der Waals surface area contributed by atoms with Crippen molar-refractivity contribution < 1.29 is 0 Å². The van der Waals surface area contributed by atoms with Gasteiger partial charge in [-0.1, -0.05) is 36.8 Å². The SMILES string of the molecule is CCNC(Cc1ccc(C)cc1)c1sccc1Br. The molecule has 0 spiro atoms. The van der Waals surface area contributed by atoms with E-state index < -0.39 is 0 Å². The molecule has 1 unspecified atom stereocenters. The Bertz CT molecular complexity index is 489. The molecule has 0 radical (unpaired) electrons. The second kappa shape index (κ2) is 6.50. The largest absolute Gasteiger partial charge is 0.309 e. The first-order chi connectivity index (χ1) is 8.70. The molecule has 2 rings (SSSR count). The first-order valence-electron chi connectivity index (χ1n) is 6.22. The van der Waals surface area contributed by atoms with E-state index in [1.165, 1.54) is 20.5 Å². The minimum absolute atomic E-state index is 0.395. The maximum atomic E-state index is 3.63. The standard InChI is InChI=1S/C15H18BrNS/c1-3-17-14(15-13(16)8-9-18-15)10-12-6-4-11(2)5-7-12/h4-9,14,17H,3,10H2,1-2H3. The number of thiophene rings is 1. The Morgan fingerprint density at radius 2 is 1.94 bits per heavy atom. The zero-order valence-corrected chi connectivity index (χ0v) is 13.1. The van der Waals surface area contributed by atoms with Gasteiger partial charge in [-0.15, -0.1) is 11.3 Å². The highest BCUT2D eigenvalue weighted by molar-refractivity contribution is 9.10. The molecular weight excluding hydrogens is 306 g/mol. The summed E-state index contributed by atoms with van der Waals surface area (Å²) in [5, 5.41) is 5.71. The fraction of sp³-hybridized carbons (Fsp3) is 0.333. The Labute approximate surface area is 121 Å². The van der Waals surface area contributed by atoms with Gasteiger partial charge in [0.05, 0.1) is 0 Å². The van der Waals surface area contributed by atoms with Crippen molar-refractivity contribution in [1.82, 2.24) is 5.32 Å². The zero-order valence-electron chi connectivity index (χ0n) is 10.7. The normalized spacial score (nSPS) is 12.6. The Balaban J connectivity index is 2.16. The van der Waals surface area contributed by atoms with Crippen LogP contribution in [0.5, 0.6) is 0 Å². The molecule has 1 nitrogen and oxygen atoms in total. The highest BCUT2D eigenvalue weighted by Gasteiger charge is 2.15. The van der Waals surface area contributed by atoms with Crippen LogP contribution in [-0.4, -0.2) is 6.54 Å². The average Bonchev–Trinajstić information content (AvgIpc) is 2.78. The number of rotatable bonds is 5. The molecule has 0 fully saturated rings. The van der Waals surface area contributed by atoms with Gasteiger partial charge < -0.3 is 5.32 Å². The number of hydrogen-bond donors (Lipinski definition) is 1. The van der Waals surface area contributed by atoms with E-state index in [4.69, 9.17) is 0 Å². The fourth-order valence-electron chi connectivity index (χ4n) is 2.02. The van der Waals surface area contributed by atoms with Crippen LogP contribution < -0.4 is 5.32 Å². The average molecular weight is 324 g/mol. The van der Waals surface area contributed by atoms with Crippen molar-refractivity contribution in [3.63, 3.8) is 0 Å². The molecule has 1 aromatic carbocycles. The summed E-state index contributed by atoms with van der Waals surface area (Å²) in [5.74, 6) is 0. The van der Waals surface area contributed by atoms with E-state index in [1.807, 2.05) is 11.3 Å². The van der Waals surface area contributed by atoms with Crippen LogP contribution in [0.4, 0.5) is 0 Å². The maximum absolute atomic E-state index is 3.63. The van der Waals surface area contributed by atoms with Crippen molar-refractivity contribution in [2.24, 2.45) is 0 Å². The lowest BCUT2D eigenvalue weighted by Crippen LogP contribution is -2.22. The third-order valence-corrected chi connectivity index (χ3v) is 4.96. The first kappa shape index (κ1) is 13.8. The van der Waals surface area contributed by atoms with E-state index in [1.54, 1.807) is 0 Å². The zero-order chi connectivity index (χ0) is 13.0. The summed E-state index contributed by atoms with van der Waals surface area (Å²) in [4.78, 5) is 1.39. The van der Waals surface area contributed by atoms with Crippen molar-refractivity contribution in [2.75, 3.05) is 6.54 Å². The van der Waals surface area contributed by atoms with Gasteiger partial charge >= 0.3 is 0 Å². The Morgan fingerprint density at radius 3 is 2.50 bits per heavy atom. The number of likely N-dealkylation sites (N-methyl/N-ethyl adjacent to an activating group) is 1. The van der Waals surface area contributed by atoms with Crippen LogP contribution in [0.3, 0.4) is 0 Å². The van der Waals surface area contributed by atoms with Crippen LogP contribution in [0.15, 0.2) is 40.2 Å². The summed E-state index contributed by atoms with van der Waals surface area (Å²) < 4.78 is 1.21. The molecule has 3 heteroatoms. The lowest BCUT2D eigenvalue weighted by Gasteiger charge is -2.17. The molecule has 0 saturated carbocycles. The van der Waals surface area contributed by atoms with Crippen molar-refractivity contribution in [3.05, 3.63) is 56.2 Å². The topological polar surface area (TPSA) is 12.0 Å². The number of aryl methyl sites for hydroxylation is 1. The highest BCUT2D eigenvalue weighted by atomic mass is 79.9. The molecule has 0 aliphatic carbocycles. The molecule has 0 bridgehead atoms. The van der Waals surface area contributed by atoms with Gasteiger partial charge in [0.15, 0.2) is 0 Å². The monoisotopic (exact) mass is 323 g/mol. The molecule has 2 aromatic rings. The third kappa shape index (κ3) is 3.44. The lowest BCUT2D eigenvalue weighted by molar-refractivity contribution is 0.556. The van der Waals surface area contributed by atoms with E-state index in [0.29, 0.717) is 6.04 Å². The predicted molar refractivity (Wildman–Crippen MR) is 83.3 cm³/mol. The molecule has 96 valence electrons. The van der Waals surface area contributed by atoms with E-state index in [9.17, 15) is 0 Å². The summed E-state index contributed by atoms with van der Waals surface area (Å²) in [7, 11) is 0. The van der Waals surface area contributed by atoms with Gasteiger partial charge in [-0.25, -0.2) is 0 Å². The van der Waals surface area contributed by atoms with E-state index >= 15 is 0 Å². The van der Waals surface area contributed by atoms with E-state index in [-0.39, 0.29) is 0 Å². The van der Waals surface area contributed by atoms with Gasteiger partial charge in [-0.3, -0.25) is 0 Å². The minimum Gasteiger partial charge on any atom is -0.309 e. The Kier molecular flexibility index (Phi) is 4.98. The van der Waals surface area contributed by atoms with Gasteiger partial charge in [-0.2, -0.15) is 0 Å². The molecule has 18 heavy (non-hydrogen) atoms. The molecule has 0 amide bonds. The van der Waals surface area contributed by atoms with Gasteiger partial charge in [0.25, 0.3) is 0 Å². The van der Waals surface area contributed by atoms with Crippen molar-refractivity contribution >= 4 is 27.3 Å². The predicted octanol–water partition coefficient (Wildman–Crippen LogP) is 4.71. The van der Waals surface area contributed by atoms with Crippen LogP contribution in [0.1, 0.15) is 29.0 Å². The van der Waals surface area contributed by atoms with Gasteiger partial charge in [0.2, 0.25) is 0 Å². The molecule has 1 aromatic heterocycles. The van der Waals surface area contributed by atoms with Crippen molar-refractivity contribution in [1.29, 1.82) is 0 Å². The van der Waals surface area contributed by atoms with E-state index in [0.717, 1.165) is 13.0 Å². The fourth-order valence-corrected chi connectivity index (χ4v) is 3.74. The summed E-state index contributed by atoms with van der Waals surface area (Å²) in [6.45, 7) is 5.27. The molecule has 1 atom stereocenters. The summed E-state index contributed by atoms with van der Waals surface area (Å²) >= 11 is 5.44. The van der Waals surface area contributed by atoms with Crippen LogP contribution in [0.2, 0.25) is 0 Å². The quantitative estimate of drug-likeness (QED) is 0.840. The van der Waals surface area contributed by atoms with Crippen molar-refractivity contribution in [2.45, 2.75) is 26.3 Å². The van der Waals surface area contributed by atoms with Crippen LogP contribution in [0.25, 0.3) is 0 Å². The van der Waals surface area contributed by atoms with Crippen LogP contribution in [-0.2, 0) is 6.42 Å². The Hall–Kier alpha value is -0.640.